The normalized spacial score (nSPS) is 18.4. The van der Waals surface area contributed by atoms with E-state index in [1.807, 2.05) is 11.7 Å². The van der Waals surface area contributed by atoms with Gasteiger partial charge in [-0.2, -0.15) is 5.10 Å². The second-order valence-electron chi connectivity index (χ2n) is 3.20. The molecule has 2 heterocycles. The SMILES string of the molecule is Cc1nn(C)cc1C1CNC1. The van der Waals surface area contributed by atoms with Gasteiger partial charge in [-0.1, -0.05) is 0 Å². The Morgan fingerprint density at radius 3 is 2.73 bits per heavy atom. The third-order valence-electron chi connectivity index (χ3n) is 2.27. The largest absolute Gasteiger partial charge is 0.315 e. The van der Waals surface area contributed by atoms with Crippen molar-refractivity contribution < 1.29 is 0 Å². The molecule has 1 fully saturated rings. The van der Waals surface area contributed by atoms with Crippen LogP contribution in [0.25, 0.3) is 0 Å². The smallest absolute Gasteiger partial charge is 0.0629 e. The monoisotopic (exact) mass is 151 g/mol. The third kappa shape index (κ3) is 1.05. The first-order chi connectivity index (χ1) is 5.27. The Labute approximate surface area is 66.4 Å². The highest BCUT2D eigenvalue weighted by Crippen LogP contribution is 2.21. The van der Waals surface area contributed by atoms with Crippen LogP contribution in [0.1, 0.15) is 17.2 Å². The number of aromatic nitrogens is 2. The maximum atomic E-state index is 4.30. The van der Waals surface area contributed by atoms with Crippen molar-refractivity contribution in [1.82, 2.24) is 15.1 Å². The minimum atomic E-state index is 0.712. The molecule has 60 valence electrons. The standard InChI is InChI=1S/C8H13N3/c1-6-8(5-11(2)10-6)7-3-9-4-7/h5,7,9H,3-4H2,1-2H3. The van der Waals surface area contributed by atoms with Crippen LogP contribution in [0.15, 0.2) is 6.20 Å². The summed E-state index contributed by atoms with van der Waals surface area (Å²) in [6, 6.07) is 0. The van der Waals surface area contributed by atoms with Crippen molar-refractivity contribution in [3.63, 3.8) is 0 Å². The molecule has 0 aliphatic carbocycles. The lowest BCUT2D eigenvalue weighted by atomic mass is 9.95. The maximum absolute atomic E-state index is 4.30. The second-order valence-corrected chi connectivity index (χ2v) is 3.20. The van der Waals surface area contributed by atoms with E-state index >= 15 is 0 Å². The van der Waals surface area contributed by atoms with E-state index < -0.39 is 0 Å². The summed E-state index contributed by atoms with van der Waals surface area (Å²) in [5.41, 5.74) is 2.59. The van der Waals surface area contributed by atoms with Gasteiger partial charge in [0.1, 0.15) is 0 Å². The van der Waals surface area contributed by atoms with E-state index in [0.717, 1.165) is 13.1 Å². The van der Waals surface area contributed by atoms with Gasteiger partial charge in [0, 0.05) is 32.3 Å². The average molecular weight is 151 g/mol. The summed E-state index contributed by atoms with van der Waals surface area (Å²) in [5.74, 6) is 0.712. The van der Waals surface area contributed by atoms with Gasteiger partial charge < -0.3 is 5.32 Å². The van der Waals surface area contributed by atoms with Gasteiger partial charge in [-0.25, -0.2) is 0 Å². The molecular weight excluding hydrogens is 138 g/mol. The molecule has 0 aromatic carbocycles. The van der Waals surface area contributed by atoms with E-state index in [9.17, 15) is 0 Å². The fourth-order valence-electron chi connectivity index (χ4n) is 1.53. The van der Waals surface area contributed by atoms with Gasteiger partial charge in [-0.3, -0.25) is 4.68 Å². The first-order valence-electron chi connectivity index (χ1n) is 3.98. The number of rotatable bonds is 1. The Hall–Kier alpha value is -0.830. The molecule has 0 unspecified atom stereocenters. The quantitative estimate of drug-likeness (QED) is 0.630. The van der Waals surface area contributed by atoms with Gasteiger partial charge in [0.15, 0.2) is 0 Å². The van der Waals surface area contributed by atoms with Crippen LogP contribution in [0.2, 0.25) is 0 Å². The van der Waals surface area contributed by atoms with Crippen LogP contribution in [0.4, 0.5) is 0 Å². The Morgan fingerprint density at radius 1 is 1.64 bits per heavy atom. The minimum absolute atomic E-state index is 0.712. The highest BCUT2D eigenvalue weighted by atomic mass is 15.3. The molecule has 1 N–H and O–H groups in total. The maximum Gasteiger partial charge on any atom is 0.0629 e. The van der Waals surface area contributed by atoms with Crippen molar-refractivity contribution in [2.45, 2.75) is 12.8 Å². The van der Waals surface area contributed by atoms with Crippen molar-refractivity contribution in [3.05, 3.63) is 17.5 Å². The molecule has 0 radical (unpaired) electrons. The van der Waals surface area contributed by atoms with E-state index in [4.69, 9.17) is 0 Å². The third-order valence-corrected chi connectivity index (χ3v) is 2.27. The molecule has 2 rings (SSSR count). The van der Waals surface area contributed by atoms with Crippen LogP contribution < -0.4 is 5.32 Å². The summed E-state index contributed by atoms with van der Waals surface area (Å²) in [6.45, 7) is 4.31. The summed E-state index contributed by atoms with van der Waals surface area (Å²) in [4.78, 5) is 0. The first-order valence-corrected chi connectivity index (χ1v) is 3.98. The van der Waals surface area contributed by atoms with E-state index in [-0.39, 0.29) is 0 Å². The van der Waals surface area contributed by atoms with E-state index in [2.05, 4.69) is 23.5 Å². The molecular formula is C8H13N3. The van der Waals surface area contributed by atoms with Crippen molar-refractivity contribution >= 4 is 0 Å². The number of hydrogen-bond donors (Lipinski definition) is 1. The lowest BCUT2D eigenvalue weighted by molar-refractivity contribution is 0.447. The highest BCUT2D eigenvalue weighted by molar-refractivity contribution is 5.23. The minimum Gasteiger partial charge on any atom is -0.315 e. The fourth-order valence-corrected chi connectivity index (χ4v) is 1.53. The van der Waals surface area contributed by atoms with Crippen LogP contribution in [0, 0.1) is 6.92 Å². The highest BCUT2D eigenvalue weighted by Gasteiger charge is 2.21. The number of nitrogens with one attached hydrogen (secondary N) is 1. The van der Waals surface area contributed by atoms with E-state index in [1.165, 1.54) is 11.3 Å². The van der Waals surface area contributed by atoms with Gasteiger partial charge in [0.2, 0.25) is 0 Å². The molecule has 1 aliphatic heterocycles. The topological polar surface area (TPSA) is 29.9 Å². The second kappa shape index (κ2) is 2.34. The number of aryl methyl sites for hydroxylation is 2. The lowest BCUT2D eigenvalue weighted by Gasteiger charge is -2.26. The molecule has 0 bridgehead atoms. The van der Waals surface area contributed by atoms with Crippen LogP contribution in [-0.4, -0.2) is 22.9 Å². The lowest BCUT2D eigenvalue weighted by Crippen LogP contribution is -2.40. The number of hydrogen-bond acceptors (Lipinski definition) is 2. The fraction of sp³-hybridized carbons (Fsp3) is 0.625. The van der Waals surface area contributed by atoms with Crippen molar-refractivity contribution in [2.75, 3.05) is 13.1 Å². The van der Waals surface area contributed by atoms with E-state index in [0.29, 0.717) is 5.92 Å². The van der Waals surface area contributed by atoms with Crippen molar-refractivity contribution in [3.8, 4) is 0 Å². The summed E-state index contributed by atoms with van der Waals surface area (Å²) >= 11 is 0. The van der Waals surface area contributed by atoms with Gasteiger partial charge in [0.25, 0.3) is 0 Å². The molecule has 0 spiro atoms. The van der Waals surface area contributed by atoms with Gasteiger partial charge >= 0.3 is 0 Å². The Kier molecular flexibility index (Phi) is 1.46. The van der Waals surface area contributed by atoms with Crippen LogP contribution in [0.3, 0.4) is 0 Å². The average Bonchev–Trinajstić information content (AvgIpc) is 2.07. The number of nitrogens with zero attached hydrogens (tertiary/aromatic N) is 2. The van der Waals surface area contributed by atoms with Gasteiger partial charge in [0.05, 0.1) is 5.69 Å². The molecule has 1 aromatic heterocycles. The summed E-state index contributed by atoms with van der Waals surface area (Å²) in [5, 5.41) is 7.56. The van der Waals surface area contributed by atoms with Gasteiger partial charge in [-0.05, 0) is 12.5 Å². The molecule has 0 amide bonds. The molecule has 3 nitrogen and oxygen atoms in total. The van der Waals surface area contributed by atoms with Crippen molar-refractivity contribution in [1.29, 1.82) is 0 Å². The summed E-state index contributed by atoms with van der Waals surface area (Å²) in [7, 11) is 1.97. The zero-order chi connectivity index (χ0) is 7.84. The zero-order valence-electron chi connectivity index (χ0n) is 6.96. The summed E-state index contributed by atoms with van der Waals surface area (Å²) < 4.78 is 1.89. The predicted molar refractivity (Wildman–Crippen MR) is 43.6 cm³/mol. The zero-order valence-corrected chi connectivity index (χ0v) is 6.96. The van der Waals surface area contributed by atoms with Crippen LogP contribution in [0.5, 0.6) is 0 Å². The van der Waals surface area contributed by atoms with Crippen LogP contribution >= 0.6 is 0 Å². The molecule has 0 saturated carbocycles. The molecule has 0 atom stereocenters. The molecule has 1 aliphatic rings. The predicted octanol–water partition coefficient (Wildman–Crippen LogP) is 0.415. The molecule has 1 saturated heterocycles. The summed E-state index contributed by atoms with van der Waals surface area (Å²) in [6.07, 6.45) is 2.13. The molecule has 1 aromatic rings. The Morgan fingerprint density at radius 2 is 2.36 bits per heavy atom. The Balaban J connectivity index is 2.28. The van der Waals surface area contributed by atoms with E-state index in [1.54, 1.807) is 0 Å². The van der Waals surface area contributed by atoms with Crippen LogP contribution in [-0.2, 0) is 7.05 Å². The first kappa shape index (κ1) is 6.85. The molecule has 3 heteroatoms. The molecule has 11 heavy (non-hydrogen) atoms. The Bertz CT molecular complexity index is 260. The van der Waals surface area contributed by atoms with Gasteiger partial charge in [-0.15, -0.1) is 0 Å². The van der Waals surface area contributed by atoms with Crippen molar-refractivity contribution in [2.24, 2.45) is 7.05 Å².